The van der Waals surface area contributed by atoms with Gasteiger partial charge in [-0.25, -0.2) is 0 Å². The lowest BCUT2D eigenvalue weighted by atomic mass is 9.89. The first kappa shape index (κ1) is 16.7. The molecular formula is C19H25N3O2. The van der Waals surface area contributed by atoms with Gasteiger partial charge in [0, 0.05) is 23.0 Å². The van der Waals surface area contributed by atoms with Crippen LogP contribution in [-0.2, 0) is 16.0 Å². The molecule has 0 aliphatic carbocycles. The molecule has 0 bridgehead atoms. The predicted octanol–water partition coefficient (Wildman–Crippen LogP) is 2.49. The minimum absolute atomic E-state index is 0.0335. The smallest absolute Gasteiger partial charge is 0.240 e. The summed E-state index contributed by atoms with van der Waals surface area (Å²) in [5, 5.41) is 4.15. The van der Waals surface area contributed by atoms with E-state index in [-0.39, 0.29) is 23.8 Å². The molecule has 1 aromatic heterocycles. The van der Waals surface area contributed by atoms with E-state index >= 15 is 0 Å². The molecule has 3 atom stereocenters. The maximum atomic E-state index is 12.8. The molecule has 0 saturated heterocycles. The Bertz CT molecular complexity index is 808. The molecule has 3 unspecified atom stereocenters. The molecule has 5 nitrogen and oxygen atoms in total. The molecular weight excluding hydrogens is 302 g/mol. The SMILES string of the molecule is CNC(C)C(=O)N1C(C(C)=O)Cc2c([nH]c3ccc(C)cc23)C1C. The van der Waals surface area contributed by atoms with Crippen molar-refractivity contribution in [2.24, 2.45) is 0 Å². The van der Waals surface area contributed by atoms with Crippen LogP contribution in [0.25, 0.3) is 10.9 Å². The molecule has 3 rings (SSSR count). The van der Waals surface area contributed by atoms with E-state index in [2.05, 4.69) is 35.4 Å². The Kier molecular flexibility index (Phi) is 4.22. The molecule has 128 valence electrons. The number of hydrogen-bond donors (Lipinski definition) is 2. The van der Waals surface area contributed by atoms with Gasteiger partial charge in [0.15, 0.2) is 5.78 Å². The molecule has 1 aliphatic rings. The number of rotatable bonds is 3. The number of carbonyl (C=O) groups excluding carboxylic acids is 2. The Morgan fingerprint density at radius 2 is 2.08 bits per heavy atom. The fraction of sp³-hybridized carbons (Fsp3) is 0.474. The first-order valence-corrected chi connectivity index (χ1v) is 8.46. The summed E-state index contributed by atoms with van der Waals surface area (Å²) in [6.07, 6.45) is 0.570. The number of H-pyrrole nitrogens is 1. The number of aromatic nitrogens is 1. The fourth-order valence-corrected chi connectivity index (χ4v) is 3.69. The zero-order valence-electron chi connectivity index (χ0n) is 14.9. The van der Waals surface area contributed by atoms with Gasteiger partial charge in [-0.3, -0.25) is 9.59 Å². The molecule has 1 aliphatic heterocycles. The van der Waals surface area contributed by atoms with Crippen LogP contribution in [0.4, 0.5) is 0 Å². The average Bonchev–Trinajstić information content (AvgIpc) is 2.91. The number of hydrogen-bond acceptors (Lipinski definition) is 3. The second-order valence-corrected chi connectivity index (χ2v) is 6.83. The summed E-state index contributed by atoms with van der Waals surface area (Å²) in [5.41, 5.74) is 4.47. The van der Waals surface area contributed by atoms with E-state index in [0.717, 1.165) is 16.6 Å². The minimum Gasteiger partial charge on any atom is -0.356 e. The number of fused-ring (bicyclic) bond motifs is 3. The number of benzene rings is 1. The van der Waals surface area contributed by atoms with Gasteiger partial charge in [0.2, 0.25) is 5.91 Å². The van der Waals surface area contributed by atoms with Crippen molar-refractivity contribution in [2.75, 3.05) is 7.05 Å². The van der Waals surface area contributed by atoms with Crippen molar-refractivity contribution in [1.82, 2.24) is 15.2 Å². The quantitative estimate of drug-likeness (QED) is 0.910. The number of nitrogens with zero attached hydrogens (tertiary/aromatic N) is 1. The van der Waals surface area contributed by atoms with Crippen LogP contribution < -0.4 is 5.32 Å². The second-order valence-electron chi connectivity index (χ2n) is 6.83. The summed E-state index contributed by atoms with van der Waals surface area (Å²) in [6.45, 7) is 7.47. The van der Waals surface area contributed by atoms with Gasteiger partial charge in [0.05, 0.1) is 18.1 Å². The minimum atomic E-state index is -0.407. The number of amides is 1. The van der Waals surface area contributed by atoms with Gasteiger partial charge in [-0.1, -0.05) is 11.6 Å². The zero-order chi connectivity index (χ0) is 17.6. The topological polar surface area (TPSA) is 65.2 Å². The third-order valence-electron chi connectivity index (χ3n) is 5.19. The Hall–Kier alpha value is -2.14. The van der Waals surface area contributed by atoms with E-state index in [4.69, 9.17) is 0 Å². The number of carbonyl (C=O) groups is 2. The molecule has 0 saturated carbocycles. The molecule has 2 aromatic rings. The van der Waals surface area contributed by atoms with Crippen LogP contribution in [-0.4, -0.2) is 40.7 Å². The van der Waals surface area contributed by atoms with Crippen molar-refractivity contribution >= 4 is 22.6 Å². The number of ketones is 1. The van der Waals surface area contributed by atoms with Crippen LogP contribution in [0.15, 0.2) is 18.2 Å². The van der Waals surface area contributed by atoms with Crippen LogP contribution in [0.5, 0.6) is 0 Å². The highest BCUT2D eigenvalue weighted by Crippen LogP contribution is 2.37. The zero-order valence-corrected chi connectivity index (χ0v) is 14.9. The van der Waals surface area contributed by atoms with Crippen LogP contribution in [0, 0.1) is 6.92 Å². The summed E-state index contributed by atoms with van der Waals surface area (Å²) in [7, 11) is 1.76. The summed E-state index contributed by atoms with van der Waals surface area (Å²) in [5.74, 6) is -0.00292. The third kappa shape index (κ3) is 2.53. The van der Waals surface area contributed by atoms with E-state index in [9.17, 15) is 9.59 Å². The van der Waals surface area contributed by atoms with Gasteiger partial charge in [-0.2, -0.15) is 0 Å². The highest BCUT2D eigenvalue weighted by molar-refractivity contribution is 5.93. The predicted molar refractivity (Wildman–Crippen MR) is 95.0 cm³/mol. The van der Waals surface area contributed by atoms with Crippen molar-refractivity contribution in [3.8, 4) is 0 Å². The number of nitrogens with one attached hydrogen (secondary N) is 2. The standard InChI is InChI=1S/C19H25N3O2/c1-10-6-7-16-14(8-10)15-9-17(13(4)23)22(12(3)18(15)21-16)19(24)11(2)20-5/h6-8,11-12,17,20-21H,9H2,1-5H3. The largest absolute Gasteiger partial charge is 0.356 e. The van der Waals surface area contributed by atoms with E-state index in [1.807, 2.05) is 13.8 Å². The lowest BCUT2D eigenvalue weighted by Gasteiger charge is -2.40. The van der Waals surface area contributed by atoms with Gasteiger partial charge < -0.3 is 15.2 Å². The van der Waals surface area contributed by atoms with E-state index in [1.165, 1.54) is 11.1 Å². The summed E-state index contributed by atoms with van der Waals surface area (Å²) in [6, 6.07) is 5.42. The fourth-order valence-electron chi connectivity index (χ4n) is 3.69. The molecule has 1 aromatic carbocycles. The van der Waals surface area contributed by atoms with Crippen LogP contribution in [0.3, 0.4) is 0 Å². The van der Waals surface area contributed by atoms with Crippen LogP contribution in [0.2, 0.25) is 0 Å². The van der Waals surface area contributed by atoms with E-state index in [1.54, 1.807) is 18.9 Å². The lowest BCUT2D eigenvalue weighted by molar-refractivity contribution is -0.143. The number of likely N-dealkylation sites (N-methyl/N-ethyl adjacent to an activating group) is 1. The number of Topliss-reactive ketones (excluding diaryl/α,β-unsaturated/α-hetero) is 1. The first-order valence-electron chi connectivity index (χ1n) is 8.46. The van der Waals surface area contributed by atoms with E-state index in [0.29, 0.717) is 6.42 Å². The molecule has 0 radical (unpaired) electrons. The Balaban J connectivity index is 2.13. The average molecular weight is 327 g/mol. The Morgan fingerprint density at radius 3 is 2.71 bits per heavy atom. The molecule has 24 heavy (non-hydrogen) atoms. The van der Waals surface area contributed by atoms with Crippen molar-refractivity contribution < 1.29 is 9.59 Å². The molecule has 0 fully saturated rings. The second kappa shape index (κ2) is 6.06. The Labute approximate surface area is 142 Å². The highest BCUT2D eigenvalue weighted by atomic mass is 16.2. The van der Waals surface area contributed by atoms with Crippen molar-refractivity contribution in [2.45, 2.75) is 52.2 Å². The summed E-state index contributed by atoms with van der Waals surface area (Å²) in [4.78, 5) is 30.3. The molecule has 2 N–H and O–H groups in total. The molecule has 2 heterocycles. The first-order chi connectivity index (χ1) is 11.3. The normalized spacial score (nSPS) is 21.6. The Morgan fingerprint density at radius 1 is 1.38 bits per heavy atom. The van der Waals surface area contributed by atoms with Gasteiger partial charge >= 0.3 is 0 Å². The van der Waals surface area contributed by atoms with E-state index < -0.39 is 6.04 Å². The highest BCUT2D eigenvalue weighted by Gasteiger charge is 2.40. The van der Waals surface area contributed by atoms with Gasteiger partial charge in [-0.15, -0.1) is 0 Å². The van der Waals surface area contributed by atoms with Gasteiger partial charge in [0.1, 0.15) is 0 Å². The maximum Gasteiger partial charge on any atom is 0.240 e. The number of aromatic amines is 1. The number of aryl methyl sites for hydroxylation is 1. The maximum absolute atomic E-state index is 12.8. The summed E-state index contributed by atoms with van der Waals surface area (Å²) < 4.78 is 0. The van der Waals surface area contributed by atoms with Crippen molar-refractivity contribution in [3.05, 3.63) is 35.0 Å². The summed E-state index contributed by atoms with van der Waals surface area (Å²) >= 11 is 0. The van der Waals surface area contributed by atoms with Crippen LogP contribution in [0.1, 0.15) is 43.6 Å². The van der Waals surface area contributed by atoms with Crippen LogP contribution >= 0.6 is 0 Å². The molecule has 1 amide bonds. The molecule has 5 heteroatoms. The third-order valence-corrected chi connectivity index (χ3v) is 5.19. The van der Waals surface area contributed by atoms with Crippen molar-refractivity contribution in [3.63, 3.8) is 0 Å². The van der Waals surface area contributed by atoms with Crippen molar-refractivity contribution in [1.29, 1.82) is 0 Å². The molecule has 0 spiro atoms. The lowest BCUT2D eigenvalue weighted by Crippen LogP contribution is -2.54. The monoisotopic (exact) mass is 327 g/mol. The van der Waals surface area contributed by atoms with Gasteiger partial charge in [0.25, 0.3) is 0 Å². The van der Waals surface area contributed by atoms with Gasteiger partial charge in [-0.05, 0) is 52.4 Å².